The normalized spacial score (nSPS) is 22.2. The number of hydrogen-bond acceptors (Lipinski definition) is 6. The van der Waals surface area contributed by atoms with Gasteiger partial charge in [-0.3, -0.25) is 4.79 Å². The number of rotatable bonds is 9. The second kappa shape index (κ2) is 11.5. The van der Waals surface area contributed by atoms with E-state index >= 15 is 0 Å². The molecule has 36 heavy (non-hydrogen) atoms. The third-order valence-electron chi connectivity index (χ3n) is 8.01. The molecule has 1 N–H and O–H groups in total. The number of aromatic nitrogens is 1. The third kappa shape index (κ3) is 5.43. The highest BCUT2D eigenvalue weighted by molar-refractivity contribution is 5.84. The van der Waals surface area contributed by atoms with Gasteiger partial charge in [-0.1, -0.05) is 19.9 Å². The van der Waals surface area contributed by atoms with Gasteiger partial charge in [0.1, 0.15) is 24.0 Å². The van der Waals surface area contributed by atoms with Gasteiger partial charge in [0.15, 0.2) is 0 Å². The molecule has 1 aromatic heterocycles. The highest BCUT2D eigenvalue weighted by atomic mass is 19.1. The Bertz CT molecular complexity index is 1040. The molecule has 0 spiro atoms. The molecule has 2 aromatic rings. The summed E-state index contributed by atoms with van der Waals surface area (Å²) in [5.41, 5.74) is 1.36. The second-order valence-corrected chi connectivity index (χ2v) is 10.2. The van der Waals surface area contributed by atoms with Crippen molar-refractivity contribution in [2.24, 2.45) is 11.3 Å². The quantitative estimate of drug-likeness (QED) is 0.559. The van der Waals surface area contributed by atoms with Gasteiger partial charge in [-0.15, -0.1) is 0 Å². The molecule has 2 fully saturated rings. The second-order valence-electron chi connectivity index (χ2n) is 10.2. The molecule has 7 nitrogen and oxygen atoms in total. The number of ether oxygens (including phenoxy) is 2. The van der Waals surface area contributed by atoms with Crippen molar-refractivity contribution in [2.45, 2.75) is 52.4 Å². The Kier molecular flexibility index (Phi) is 8.34. The SMILES string of the molecule is COc1ccc(CN[C@@H]2CC[C@@](C(=O)N3CCN(c4cc(CF)ccn4)CC3)(C(C)C)C2)c(OC)c1. The lowest BCUT2D eigenvalue weighted by atomic mass is 9.74. The number of benzene rings is 1. The zero-order valence-corrected chi connectivity index (χ0v) is 21.9. The predicted octanol–water partition coefficient (Wildman–Crippen LogP) is 4.20. The van der Waals surface area contributed by atoms with Crippen molar-refractivity contribution in [3.05, 3.63) is 47.7 Å². The molecule has 1 aliphatic heterocycles. The Morgan fingerprint density at radius 1 is 1.17 bits per heavy atom. The smallest absolute Gasteiger partial charge is 0.229 e. The van der Waals surface area contributed by atoms with Crippen molar-refractivity contribution in [3.63, 3.8) is 0 Å². The summed E-state index contributed by atoms with van der Waals surface area (Å²) >= 11 is 0. The van der Waals surface area contributed by atoms with E-state index in [1.807, 2.05) is 23.1 Å². The molecule has 2 aliphatic rings. The number of nitrogens with zero attached hydrogens (tertiary/aromatic N) is 3. The van der Waals surface area contributed by atoms with E-state index in [4.69, 9.17) is 9.47 Å². The summed E-state index contributed by atoms with van der Waals surface area (Å²) in [7, 11) is 3.32. The Morgan fingerprint density at radius 3 is 2.61 bits per heavy atom. The number of alkyl halides is 1. The van der Waals surface area contributed by atoms with Crippen molar-refractivity contribution < 1.29 is 18.7 Å². The summed E-state index contributed by atoms with van der Waals surface area (Å²) in [6.45, 7) is 7.29. The van der Waals surface area contributed by atoms with Gasteiger partial charge in [-0.05, 0) is 48.9 Å². The van der Waals surface area contributed by atoms with E-state index in [2.05, 4.69) is 29.0 Å². The van der Waals surface area contributed by atoms with Gasteiger partial charge in [0, 0.05) is 56.6 Å². The fraction of sp³-hybridized carbons (Fsp3) is 0.571. The van der Waals surface area contributed by atoms with Crippen LogP contribution in [0.2, 0.25) is 0 Å². The molecule has 1 amide bonds. The molecule has 2 heterocycles. The summed E-state index contributed by atoms with van der Waals surface area (Å²) in [5.74, 6) is 2.89. The van der Waals surface area contributed by atoms with Crippen molar-refractivity contribution in [3.8, 4) is 11.5 Å². The van der Waals surface area contributed by atoms with Gasteiger partial charge in [0.05, 0.1) is 19.6 Å². The first-order chi connectivity index (χ1) is 17.4. The van der Waals surface area contributed by atoms with Gasteiger partial charge in [0.2, 0.25) is 5.91 Å². The first-order valence-electron chi connectivity index (χ1n) is 12.9. The van der Waals surface area contributed by atoms with Crippen LogP contribution >= 0.6 is 0 Å². The van der Waals surface area contributed by atoms with Crippen LogP contribution in [-0.4, -0.2) is 62.2 Å². The molecule has 0 radical (unpaired) electrons. The van der Waals surface area contributed by atoms with E-state index in [0.29, 0.717) is 38.3 Å². The van der Waals surface area contributed by atoms with Crippen LogP contribution in [0.25, 0.3) is 0 Å². The van der Waals surface area contributed by atoms with Crippen LogP contribution in [0.1, 0.15) is 44.2 Å². The summed E-state index contributed by atoms with van der Waals surface area (Å²) < 4.78 is 23.9. The minimum Gasteiger partial charge on any atom is -0.497 e. The fourth-order valence-electron chi connectivity index (χ4n) is 5.64. The number of pyridine rings is 1. The monoisotopic (exact) mass is 498 g/mol. The molecular formula is C28H39FN4O3. The molecule has 4 rings (SSSR count). The van der Waals surface area contributed by atoms with Crippen LogP contribution in [0.4, 0.5) is 10.2 Å². The molecule has 1 aliphatic carbocycles. The van der Waals surface area contributed by atoms with Crippen molar-refractivity contribution in [2.75, 3.05) is 45.3 Å². The number of piperazine rings is 1. The van der Waals surface area contributed by atoms with E-state index in [1.54, 1.807) is 32.5 Å². The first kappa shape index (κ1) is 26.2. The molecule has 2 atom stereocenters. The van der Waals surface area contributed by atoms with Crippen LogP contribution in [0, 0.1) is 11.3 Å². The number of nitrogens with one attached hydrogen (secondary N) is 1. The number of halogens is 1. The standard InChI is InChI=1S/C28H39FN4O3/c1-20(2)28(9-7-23(17-28)31-19-22-5-6-24(35-3)16-25(22)36-4)27(34)33-13-11-32(12-14-33)26-15-21(18-29)8-10-30-26/h5-6,8,10,15-16,20,23,31H,7,9,11-14,17-19H2,1-4H3/t23-,28+/m1/s1. The van der Waals surface area contributed by atoms with E-state index in [9.17, 15) is 9.18 Å². The van der Waals surface area contributed by atoms with Crippen LogP contribution in [0.3, 0.4) is 0 Å². The average molecular weight is 499 g/mol. The molecule has 1 aromatic carbocycles. The average Bonchev–Trinajstić information content (AvgIpc) is 3.37. The lowest BCUT2D eigenvalue weighted by Gasteiger charge is -2.42. The van der Waals surface area contributed by atoms with E-state index in [1.165, 1.54) is 0 Å². The highest BCUT2D eigenvalue weighted by Crippen LogP contribution is 2.46. The highest BCUT2D eigenvalue weighted by Gasteiger charge is 2.49. The summed E-state index contributed by atoms with van der Waals surface area (Å²) in [6, 6.07) is 9.65. The molecule has 196 valence electrons. The van der Waals surface area contributed by atoms with Crippen molar-refractivity contribution in [1.82, 2.24) is 15.2 Å². The fourth-order valence-corrected chi connectivity index (χ4v) is 5.64. The van der Waals surface area contributed by atoms with Gasteiger partial charge in [0.25, 0.3) is 0 Å². The van der Waals surface area contributed by atoms with E-state index in [0.717, 1.165) is 42.1 Å². The maximum Gasteiger partial charge on any atom is 0.229 e. The van der Waals surface area contributed by atoms with Crippen molar-refractivity contribution in [1.29, 1.82) is 0 Å². The maximum absolute atomic E-state index is 13.9. The first-order valence-corrected chi connectivity index (χ1v) is 12.9. The Labute approximate surface area is 214 Å². The van der Waals surface area contributed by atoms with E-state index in [-0.39, 0.29) is 23.3 Å². The van der Waals surface area contributed by atoms with Crippen LogP contribution < -0.4 is 19.7 Å². The maximum atomic E-state index is 13.9. The van der Waals surface area contributed by atoms with Gasteiger partial charge in [-0.2, -0.15) is 0 Å². The topological polar surface area (TPSA) is 66.9 Å². The Balaban J connectivity index is 1.37. The zero-order chi connectivity index (χ0) is 25.7. The lowest BCUT2D eigenvalue weighted by Crippen LogP contribution is -2.54. The minimum atomic E-state index is -0.495. The van der Waals surface area contributed by atoms with Crippen LogP contribution in [0.15, 0.2) is 36.5 Å². The number of methoxy groups -OCH3 is 2. The molecule has 8 heteroatoms. The van der Waals surface area contributed by atoms with Crippen molar-refractivity contribution >= 4 is 11.7 Å². The number of carbonyl (C=O) groups is 1. The largest absolute Gasteiger partial charge is 0.497 e. The number of anilines is 1. The molecule has 0 bridgehead atoms. The zero-order valence-electron chi connectivity index (χ0n) is 21.9. The minimum absolute atomic E-state index is 0.258. The molecule has 1 saturated heterocycles. The number of carbonyl (C=O) groups excluding carboxylic acids is 1. The Hall–Kier alpha value is -2.87. The molecule has 1 saturated carbocycles. The molecule has 0 unspecified atom stereocenters. The van der Waals surface area contributed by atoms with Gasteiger partial charge >= 0.3 is 0 Å². The third-order valence-corrected chi connectivity index (χ3v) is 8.01. The number of amides is 1. The van der Waals surface area contributed by atoms with Crippen LogP contribution in [0.5, 0.6) is 11.5 Å². The summed E-state index contributed by atoms with van der Waals surface area (Å²) in [4.78, 5) is 22.5. The predicted molar refractivity (Wildman–Crippen MR) is 139 cm³/mol. The lowest BCUT2D eigenvalue weighted by molar-refractivity contribution is -0.145. The van der Waals surface area contributed by atoms with Crippen LogP contribution in [-0.2, 0) is 18.0 Å². The van der Waals surface area contributed by atoms with Gasteiger partial charge < -0.3 is 24.6 Å². The Morgan fingerprint density at radius 2 is 1.94 bits per heavy atom. The molecular weight excluding hydrogens is 459 g/mol. The number of hydrogen-bond donors (Lipinski definition) is 1. The van der Waals surface area contributed by atoms with E-state index < -0.39 is 6.67 Å². The summed E-state index contributed by atoms with van der Waals surface area (Å²) in [6.07, 6.45) is 4.36. The van der Waals surface area contributed by atoms with Gasteiger partial charge in [-0.25, -0.2) is 9.37 Å². The summed E-state index contributed by atoms with van der Waals surface area (Å²) in [5, 5.41) is 3.68.